The predicted octanol–water partition coefficient (Wildman–Crippen LogP) is 2.66. The molecular weight excluding hydrogens is 234 g/mol. The molecule has 0 aliphatic carbocycles. The first-order chi connectivity index (χ1) is 7.64. The topological polar surface area (TPSA) is 37.4 Å². The summed E-state index contributed by atoms with van der Waals surface area (Å²) in [7, 11) is -1.74. The van der Waals surface area contributed by atoms with Crippen molar-refractivity contribution in [3.8, 4) is 0 Å². The van der Waals surface area contributed by atoms with Crippen molar-refractivity contribution in [2.75, 3.05) is 13.6 Å². The average molecular weight is 255 g/mol. The fourth-order valence-electron chi connectivity index (χ4n) is 1.77. The van der Waals surface area contributed by atoms with E-state index in [4.69, 9.17) is 0 Å². The molecule has 0 heterocycles. The molecule has 1 aromatic rings. The highest BCUT2D eigenvalue weighted by Crippen LogP contribution is 2.22. The lowest BCUT2D eigenvalue weighted by Crippen LogP contribution is -2.34. The van der Waals surface area contributed by atoms with E-state index in [0.29, 0.717) is 11.4 Å². The van der Waals surface area contributed by atoms with Crippen LogP contribution in [0, 0.1) is 12.3 Å². The molecule has 1 aromatic carbocycles. The first-order valence-corrected chi connectivity index (χ1v) is 7.10. The molecule has 0 unspecified atom stereocenters. The van der Waals surface area contributed by atoms with Crippen LogP contribution < -0.4 is 0 Å². The van der Waals surface area contributed by atoms with Crippen molar-refractivity contribution >= 4 is 10.0 Å². The summed E-state index contributed by atoms with van der Waals surface area (Å²) in [5.74, 6) is 0. The first kappa shape index (κ1) is 14.2. The van der Waals surface area contributed by atoms with Crippen LogP contribution in [-0.2, 0) is 10.0 Å². The highest BCUT2D eigenvalue weighted by molar-refractivity contribution is 7.89. The largest absolute Gasteiger partial charge is 0.243 e. The van der Waals surface area contributed by atoms with Gasteiger partial charge in [0.1, 0.15) is 0 Å². The van der Waals surface area contributed by atoms with E-state index in [2.05, 4.69) is 0 Å². The van der Waals surface area contributed by atoms with Crippen molar-refractivity contribution in [3.63, 3.8) is 0 Å². The Kier molecular flexibility index (Phi) is 3.99. The zero-order valence-corrected chi connectivity index (χ0v) is 12.0. The van der Waals surface area contributed by atoms with Crippen LogP contribution in [0.4, 0.5) is 0 Å². The van der Waals surface area contributed by atoms with Crippen molar-refractivity contribution in [1.29, 1.82) is 0 Å². The molecule has 3 nitrogen and oxygen atoms in total. The van der Waals surface area contributed by atoms with Gasteiger partial charge in [-0.25, -0.2) is 12.7 Å². The van der Waals surface area contributed by atoms with Gasteiger partial charge < -0.3 is 0 Å². The summed E-state index contributed by atoms with van der Waals surface area (Å²) in [4.78, 5) is 0.395. The van der Waals surface area contributed by atoms with Gasteiger partial charge in [0.25, 0.3) is 0 Å². The second-order valence-corrected chi connectivity index (χ2v) is 7.60. The van der Waals surface area contributed by atoms with Crippen molar-refractivity contribution in [2.45, 2.75) is 32.6 Å². The number of aryl methyl sites for hydroxylation is 1. The van der Waals surface area contributed by atoms with Gasteiger partial charge in [0.2, 0.25) is 10.0 Å². The summed E-state index contributed by atoms with van der Waals surface area (Å²) >= 11 is 0. The third-order valence-electron chi connectivity index (χ3n) is 2.48. The summed E-state index contributed by atoms with van der Waals surface area (Å²) < 4.78 is 26.1. The highest BCUT2D eigenvalue weighted by atomic mass is 32.2. The Labute approximate surface area is 105 Å². The van der Waals surface area contributed by atoms with Gasteiger partial charge in [-0.15, -0.1) is 0 Å². The monoisotopic (exact) mass is 255 g/mol. The number of nitrogens with zero attached hydrogens (tertiary/aromatic N) is 1. The molecule has 1 rings (SSSR count). The number of sulfonamides is 1. The number of rotatable bonds is 3. The van der Waals surface area contributed by atoms with E-state index in [0.717, 1.165) is 5.56 Å². The molecule has 0 saturated carbocycles. The van der Waals surface area contributed by atoms with Gasteiger partial charge in [-0.1, -0.05) is 39.0 Å². The third-order valence-corrected chi connectivity index (χ3v) is 4.44. The second-order valence-electron chi connectivity index (χ2n) is 5.59. The van der Waals surface area contributed by atoms with E-state index in [1.54, 1.807) is 19.2 Å². The Morgan fingerprint density at radius 1 is 1.18 bits per heavy atom. The lowest BCUT2D eigenvalue weighted by Gasteiger charge is -2.26. The van der Waals surface area contributed by atoms with Gasteiger partial charge in [0, 0.05) is 13.6 Å². The highest BCUT2D eigenvalue weighted by Gasteiger charge is 2.26. The Balaban J connectivity index is 3.09. The van der Waals surface area contributed by atoms with E-state index in [-0.39, 0.29) is 5.41 Å². The standard InChI is InChI=1S/C13H21NO2S/c1-11-8-6-7-9-12(11)17(15,16)14(5)10-13(2,3)4/h6-9H,10H2,1-5H3. The lowest BCUT2D eigenvalue weighted by molar-refractivity contribution is 0.310. The Bertz CT molecular complexity index is 486. The molecule has 0 N–H and O–H groups in total. The molecule has 0 fully saturated rings. The average Bonchev–Trinajstić information content (AvgIpc) is 2.15. The molecule has 0 saturated heterocycles. The van der Waals surface area contributed by atoms with E-state index in [1.807, 2.05) is 39.8 Å². The van der Waals surface area contributed by atoms with E-state index in [1.165, 1.54) is 4.31 Å². The minimum atomic E-state index is -3.37. The van der Waals surface area contributed by atoms with Crippen LogP contribution in [0.5, 0.6) is 0 Å². The Morgan fingerprint density at radius 3 is 2.18 bits per heavy atom. The van der Waals surface area contributed by atoms with Crippen molar-refractivity contribution in [1.82, 2.24) is 4.31 Å². The summed E-state index contributed by atoms with van der Waals surface area (Å²) in [5, 5.41) is 0. The van der Waals surface area contributed by atoms with Gasteiger partial charge in [0.05, 0.1) is 4.90 Å². The van der Waals surface area contributed by atoms with Crippen LogP contribution >= 0.6 is 0 Å². The number of benzene rings is 1. The first-order valence-electron chi connectivity index (χ1n) is 5.66. The molecule has 0 aliphatic rings. The predicted molar refractivity (Wildman–Crippen MR) is 70.4 cm³/mol. The van der Waals surface area contributed by atoms with Crippen LogP contribution in [0.25, 0.3) is 0 Å². The van der Waals surface area contributed by atoms with Gasteiger partial charge in [-0.05, 0) is 24.0 Å². The normalized spacial score (nSPS) is 13.1. The molecule has 4 heteroatoms. The second kappa shape index (κ2) is 4.78. The van der Waals surface area contributed by atoms with E-state index in [9.17, 15) is 8.42 Å². The SMILES string of the molecule is Cc1ccccc1S(=O)(=O)N(C)CC(C)(C)C. The smallest absolute Gasteiger partial charge is 0.207 e. The minimum absolute atomic E-state index is 0.0511. The third kappa shape index (κ3) is 3.54. The Hall–Kier alpha value is -0.870. The number of hydrogen-bond acceptors (Lipinski definition) is 2. The van der Waals surface area contributed by atoms with Crippen LogP contribution in [0.3, 0.4) is 0 Å². The molecule has 0 spiro atoms. The maximum Gasteiger partial charge on any atom is 0.243 e. The molecule has 96 valence electrons. The quantitative estimate of drug-likeness (QED) is 0.832. The van der Waals surface area contributed by atoms with Gasteiger partial charge in [-0.2, -0.15) is 0 Å². The van der Waals surface area contributed by atoms with Crippen LogP contribution in [0.1, 0.15) is 26.3 Å². The molecule has 0 aromatic heterocycles. The van der Waals surface area contributed by atoms with Gasteiger partial charge in [-0.3, -0.25) is 0 Å². The van der Waals surface area contributed by atoms with E-state index >= 15 is 0 Å². The molecular formula is C13H21NO2S. The molecule has 0 aliphatic heterocycles. The van der Waals surface area contributed by atoms with Crippen LogP contribution in [0.2, 0.25) is 0 Å². The molecule has 17 heavy (non-hydrogen) atoms. The van der Waals surface area contributed by atoms with Crippen LogP contribution in [-0.4, -0.2) is 26.3 Å². The zero-order valence-electron chi connectivity index (χ0n) is 11.2. The fraction of sp³-hybridized carbons (Fsp3) is 0.538. The van der Waals surface area contributed by atoms with Crippen molar-refractivity contribution < 1.29 is 8.42 Å². The minimum Gasteiger partial charge on any atom is -0.207 e. The molecule has 0 amide bonds. The summed E-state index contributed by atoms with van der Waals surface area (Å²) in [6, 6.07) is 7.07. The van der Waals surface area contributed by atoms with E-state index < -0.39 is 10.0 Å². The zero-order chi connectivity index (χ0) is 13.3. The maximum atomic E-state index is 12.4. The van der Waals surface area contributed by atoms with Crippen molar-refractivity contribution in [3.05, 3.63) is 29.8 Å². The van der Waals surface area contributed by atoms with Gasteiger partial charge >= 0.3 is 0 Å². The van der Waals surface area contributed by atoms with Crippen LogP contribution in [0.15, 0.2) is 29.2 Å². The van der Waals surface area contributed by atoms with Crippen molar-refractivity contribution in [2.24, 2.45) is 5.41 Å². The number of hydrogen-bond donors (Lipinski definition) is 0. The lowest BCUT2D eigenvalue weighted by atomic mass is 9.97. The summed E-state index contributed by atoms with van der Waals surface area (Å²) in [6.07, 6.45) is 0. The molecule has 0 bridgehead atoms. The maximum absolute atomic E-state index is 12.4. The Morgan fingerprint density at radius 2 is 1.71 bits per heavy atom. The van der Waals surface area contributed by atoms with Gasteiger partial charge in [0.15, 0.2) is 0 Å². The summed E-state index contributed by atoms with van der Waals surface area (Å²) in [5.41, 5.74) is 0.734. The summed E-state index contributed by atoms with van der Waals surface area (Å²) in [6.45, 7) is 8.39. The molecule has 0 atom stereocenters. The molecule has 0 radical (unpaired) electrons. The fourth-order valence-corrected chi connectivity index (χ4v) is 3.39.